The normalized spacial score (nSPS) is 11.4. The Morgan fingerprint density at radius 3 is 2.35 bits per heavy atom. The summed E-state index contributed by atoms with van der Waals surface area (Å²) >= 11 is 0. The van der Waals surface area contributed by atoms with Crippen molar-refractivity contribution in [2.24, 2.45) is 0 Å². The molecule has 1 aromatic rings. The summed E-state index contributed by atoms with van der Waals surface area (Å²) in [6.45, 7) is 12.2. The number of hydrogen-bond acceptors (Lipinski definition) is 4. The van der Waals surface area contributed by atoms with E-state index in [9.17, 15) is 4.79 Å². The number of carbonyl (C=O) groups is 1. The zero-order chi connectivity index (χ0) is 15.3. The number of benzene rings is 1. The Morgan fingerprint density at radius 1 is 1.25 bits per heavy atom. The number of nitrogens with zero attached hydrogens (tertiary/aromatic N) is 1. The highest BCUT2D eigenvalue weighted by atomic mass is 16.1. The van der Waals surface area contributed by atoms with Crippen LogP contribution in [0.15, 0.2) is 18.2 Å². The average molecular weight is 277 g/mol. The maximum Gasteiger partial charge on any atom is 0.161 e. The number of nitrogens with two attached hydrogens (primary N) is 1. The number of hydrogen-bond donors (Lipinski definition) is 2. The minimum atomic E-state index is -0.00265. The number of ketones is 1. The van der Waals surface area contributed by atoms with Crippen LogP contribution in [0.25, 0.3) is 0 Å². The Kier molecular flexibility index (Phi) is 6.02. The molecule has 0 unspecified atom stereocenters. The van der Waals surface area contributed by atoms with Crippen molar-refractivity contribution in [3.63, 3.8) is 0 Å². The van der Waals surface area contributed by atoms with Gasteiger partial charge in [-0.25, -0.2) is 0 Å². The minimum Gasteiger partial charge on any atom is -0.398 e. The van der Waals surface area contributed by atoms with E-state index in [0.717, 1.165) is 18.8 Å². The lowest BCUT2D eigenvalue weighted by atomic mass is 10.1. The number of anilines is 2. The van der Waals surface area contributed by atoms with Crippen LogP contribution in [-0.4, -0.2) is 35.9 Å². The molecule has 1 rings (SSSR count). The molecular weight excluding hydrogens is 250 g/mol. The number of carbonyl (C=O) groups excluding carboxylic acids is 1. The summed E-state index contributed by atoms with van der Waals surface area (Å²) in [5.74, 6) is -0.00265. The van der Waals surface area contributed by atoms with Gasteiger partial charge in [0.25, 0.3) is 0 Å². The van der Waals surface area contributed by atoms with Crippen LogP contribution >= 0.6 is 0 Å². The second kappa shape index (κ2) is 7.29. The molecule has 0 atom stereocenters. The molecule has 0 heterocycles. The first-order chi connectivity index (χ1) is 9.32. The molecule has 0 saturated heterocycles. The highest BCUT2D eigenvalue weighted by Crippen LogP contribution is 2.18. The van der Waals surface area contributed by atoms with Crippen molar-refractivity contribution < 1.29 is 4.79 Å². The fraction of sp³-hybridized carbons (Fsp3) is 0.562. The molecule has 0 amide bonds. The van der Waals surface area contributed by atoms with Crippen LogP contribution in [0.1, 0.15) is 45.0 Å². The SMILES string of the molecule is CC(=O)c1cc(NCCN(C(C)C)C(C)C)ccc1N. The van der Waals surface area contributed by atoms with Crippen molar-refractivity contribution in [1.29, 1.82) is 0 Å². The molecule has 0 fully saturated rings. The Labute approximate surface area is 122 Å². The molecule has 0 bridgehead atoms. The van der Waals surface area contributed by atoms with E-state index in [0.29, 0.717) is 23.3 Å². The molecule has 4 heteroatoms. The molecule has 112 valence electrons. The molecule has 0 aliphatic carbocycles. The van der Waals surface area contributed by atoms with Gasteiger partial charge in [-0.2, -0.15) is 0 Å². The molecule has 0 aliphatic rings. The first-order valence-electron chi connectivity index (χ1n) is 7.23. The van der Waals surface area contributed by atoms with Crippen molar-refractivity contribution in [1.82, 2.24) is 4.90 Å². The van der Waals surface area contributed by atoms with Crippen LogP contribution in [0, 0.1) is 0 Å². The van der Waals surface area contributed by atoms with Gasteiger partial charge in [-0.3, -0.25) is 9.69 Å². The molecule has 0 spiro atoms. The largest absolute Gasteiger partial charge is 0.398 e. The monoisotopic (exact) mass is 277 g/mol. The van der Waals surface area contributed by atoms with Crippen molar-refractivity contribution in [3.05, 3.63) is 23.8 Å². The first kappa shape index (κ1) is 16.5. The maximum absolute atomic E-state index is 11.5. The molecule has 0 saturated carbocycles. The number of nitrogens with one attached hydrogen (secondary N) is 1. The van der Waals surface area contributed by atoms with Gasteiger partial charge in [0.2, 0.25) is 0 Å². The highest BCUT2D eigenvalue weighted by molar-refractivity contribution is 5.99. The van der Waals surface area contributed by atoms with Crippen molar-refractivity contribution in [2.45, 2.75) is 46.7 Å². The predicted molar refractivity (Wildman–Crippen MR) is 86.3 cm³/mol. The van der Waals surface area contributed by atoms with Gasteiger partial charge in [0.15, 0.2) is 5.78 Å². The Morgan fingerprint density at radius 2 is 1.85 bits per heavy atom. The Bertz CT molecular complexity index is 447. The summed E-state index contributed by atoms with van der Waals surface area (Å²) in [6.07, 6.45) is 0. The van der Waals surface area contributed by atoms with Gasteiger partial charge in [-0.15, -0.1) is 0 Å². The molecule has 3 N–H and O–H groups in total. The van der Waals surface area contributed by atoms with Crippen molar-refractivity contribution in [2.75, 3.05) is 24.1 Å². The minimum absolute atomic E-state index is 0.00265. The van der Waals surface area contributed by atoms with E-state index in [-0.39, 0.29) is 5.78 Å². The fourth-order valence-corrected chi connectivity index (χ4v) is 2.41. The molecule has 0 radical (unpaired) electrons. The zero-order valence-electron chi connectivity index (χ0n) is 13.2. The molecule has 0 aliphatic heterocycles. The van der Waals surface area contributed by atoms with E-state index in [1.807, 2.05) is 12.1 Å². The predicted octanol–water partition coefficient (Wildman–Crippen LogP) is 3.00. The molecule has 1 aromatic carbocycles. The summed E-state index contributed by atoms with van der Waals surface area (Å²) in [6, 6.07) is 6.57. The summed E-state index contributed by atoms with van der Waals surface area (Å²) < 4.78 is 0. The lowest BCUT2D eigenvalue weighted by molar-refractivity contribution is 0.101. The van der Waals surface area contributed by atoms with Gasteiger partial charge in [0.05, 0.1) is 0 Å². The van der Waals surface area contributed by atoms with E-state index in [2.05, 4.69) is 37.9 Å². The summed E-state index contributed by atoms with van der Waals surface area (Å²) in [5.41, 5.74) is 7.85. The highest BCUT2D eigenvalue weighted by Gasteiger charge is 2.12. The van der Waals surface area contributed by atoms with Gasteiger partial charge >= 0.3 is 0 Å². The maximum atomic E-state index is 11.5. The van der Waals surface area contributed by atoms with Gasteiger partial charge in [0, 0.05) is 42.1 Å². The van der Waals surface area contributed by atoms with Crippen LogP contribution in [0.4, 0.5) is 11.4 Å². The lowest BCUT2D eigenvalue weighted by Gasteiger charge is -2.30. The van der Waals surface area contributed by atoms with E-state index in [4.69, 9.17) is 5.73 Å². The third-order valence-corrected chi connectivity index (χ3v) is 3.46. The van der Waals surface area contributed by atoms with Crippen molar-refractivity contribution >= 4 is 17.2 Å². The standard InChI is InChI=1S/C16H27N3O/c1-11(2)19(12(3)4)9-8-18-14-6-7-16(17)15(10-14)13(5)20/h6-7,10-12,18H,8-9,17H2,1-5H3. The first-order valence-corrected chi connectivity index (χ1v) is 7.23. The smallest absolute Gasteiger partial charge is 0.161 e. The molecule has 0 aromatic heterocycles. The number of rotatable bonds is 7. The van der Waals surface area contributed by atoms with Crippen LogP contribution < -0.4 is 11.1 Å². The van der Waals surface area contributed by atoms with Crippen LogP contribution in [0.3, 0.4) is 0 Å². The quantitative estimate of drug-likeness (QED) is 0.594. The lowest BCUT2D eigenvalue weighted by Crippen LogP contribution is -2.40. The van der Waals surface area contributed by atoms with Crippen molar-refractivity contribution in [3.8, 4) is 0 Å². The van der Waals surface area contributed by atoms with E-state index >= 15 is 0 Å². The average Bonchev–Trinajstić information content (AvgIpc) is 2.35. The van der Waals surface area contributed by atoms with Crippen LogP contribution in [0.2, 0.25) is 0 Å². The van der Waals surface area contributed by atoms with E-state index < -0.39 is 0 Å². The molecular formula is C16H27N3O. The summed E-state index contributed by atoms with van der Waals surface area (Å²) in [7, 11) is 0. The van der Waals surface area contributed by atoms with E-state index in [1.54, 1.807) is 6.07 Å². The van der Waals surface area contributed by atoms with Gasteiger partial charge in [0.1, 0.15) is 0 Å². The topological polar surface area (TPSA) is 58.4 Å². The fourth-order valence-electron chi connectivity index (χ4n) is 2.41. The molecule has 20 heavy (non-hydrogen) atoms. The van der Waals surface area contributed by atoms with Gasteiger partial charge < -0.3 is 11.1 Å². The van der Waals surface area contributed by atoms with E-state index in [1.165, 1.54) is 6.92 Å². The zero-order valence-corrected chi connectivity index (χ0v) is 13.2. The third kappa shape index (κ3) is 4.53. The third-order valence-electron chi connectivity index (χ3n) is 3.46. The molecule has 4 nitrogen and oxygen atoms in total. The Hall–Kier alpha value is -1.55. The van der Waals surface area contributed by atoms with Crippen LogP contribution in [0.5, 0.6) is 0 Å². The second-order valence-electron chi connectivity index (χ2n) is 5.71. The number of Topliss-reactive ketones (excluding diaryl/α,β-unsaturated/α-hetero) is 1. The summed E-state index contributed by atoms with van der Waals surface area (Å²) in [4.78, 5) is 13.9. The van der Waals surface area contributed by atoms with Crippen LogP contribution in [-0.2, 0) is 0 Å². The van der Waals surface area contributed by atoms with Gasteiger partial charge in [-0.1, -0.05) is 0 Å². The number of nitrogen functional groups attached to an aromatic ring is 1. The Balaban J connectivity index is 2.62. The van der Waals surface area contributed by atoms with Gasteiger partial charge in [-0.05, 0) is 52.8 Å². The summed E-state index contributed by atoms with van der Waals surface area (Å²) in [5, 5.41) is 3.36. The second-order valence-corrected chi connectivity index (χ2v) is 5.71.